The molecule has 0 aromatic heterocycles. The van der Waals surface area contributed by atoms with Crippen molar-refractivity contribution >= 4 is 23.1 Å². The number of rotatable bonds is 2. The van der Waals surface area contributed by atoms with E-state index in [1.807, 2.05) is 11.8 Å². The minimum Gasteiger partial charge on any atom is -0.326 e. The number of piperazine rings is 1. The Labute approximate surface area is 129 Å². The maximum Gasteiger partial charge on any atom is 0.0758 e. The van der Waals surface area contributed by atoms with E-state index in [0.717, 1.165) is 32.8 Å². The molecule has 21 heavy (non-hydrogen) atoms. The molecule has 108 valence electrons. The van der Waals surface area contributed by atoms with Gasteiger partial charge in [0.15, 0.2) is 0 Å². The molecule has 2 aromatic rings. The zero-order valence-corrected chi connectivity index (χ0v) is 12.8. The van der Waals surface area contributed by atoms with E-state index in [-0.39, 0.29) is 0 Å². The molecule has 0 spiro atoms. The van der Waals surface area contributed by atoms with Gasteiger partial charge in [-0.3, -0.25) is 4.90 Å². The van der Waals surface area contributed by atoms with E-state index < -0.39 is 0 Å². The summed E-state index contributed by atoms with van der Waals surface area (Å²) < 4.78 is 0. The fourth-order valence-corrected chi connectivity index (χ4v) is 4.08. The Morgan fingerprint density at radius 3 is 2.05 bits per heavy atom. The molecule has 2 heterocycles. The van der Waals surface area contributed by atoms with Gasteiger partial charge in [0.2, 0.25) is 0 Å². The molecule has 0 unspecified atom stereocenters. The average Bonchev–Trinajstić information content (AvgIpc) is 2.55. The molecule has 4 heteroatoms. The van der Waals surface area contributed by atoms with Gasteiger partial charge in [0, 0.05) is 36.0 Å². The standard InChI is InChI=1S/C17H19N3S/c1-3-7-16-14(5-1)20(13-19-11-9-18-10-12-19)15-6-2-4-8-17(15)21-16/h1-8,18H,9-13H2. The van der Waals surface area contributed by atoms with Crippen molar-refractivity contribution in [2.75, 3.05) is 37.7 Å². The highest BCUT2D eigenvalue weighted by Crippen LogP contribution is 2.47. The molecule has 0 radical (unpaired) electrons. The lowest BCUT2D eigenvalue weighted by Gasteiger charge is -2.38. The molecular formula is C17H19N3S. The lowest BCUT2D eigenvalue weighted by atomic mass is 10.2. The van der Waals surface area contributed by atoms with E-state index >= 15 is 0 Å². The van der Waals surface area contributed by atoms with Crippen molar-refractivity contribution in [2.24, 2.45) is 0 Å². The summed E-state index contributed by atoms with van der Waals surface area (Å²) in [5.74, 6) is 0. The summed E-state index contributed by atoms with van der Waals surface area (Å²) in [6.45, 7) is 5.38. The third kappa shape index (κ3) is 2.55. The van der Waals surface area contributed by atoms with E-state index in [2.05, 4.69) is 63.6 Å². The maximum atomic E-state index is 3.43. The van der Waals surface area contributed by atoms with Gasteiger partial charge < -0.3 is 10.2 Å². The first-order valence-corrected chi connectivity index (χ1v) is 8.30. The fourth-order valence-electron chi connectivity index (χ4n) is 2.99. The van der Waals surface area contributed by atoms with Gasteiger partial charge in [-0.05, 0) is 24.3 Å². The van der Waals surface area contributed by atoms with Crippen LogP contribution in [0.4, 0.5) is 11.4 Å². The normalized spacial score (nSPS) is 18.2. The topological polar surface area (TPSA) is 18.5 Å². The maximum absolute atomic E-state index is 3.43. The lowest BCUT2D eigenvalue weighted by molar-refractivity contribution is 0.246. The molecule has 0 aliphatic carbocycles. The van der Waals surface area contributed by atoms with Gasteiger partial charge >= 0.3 is 0 Å². The van der Waals surface area contributed by atoms with E-state index in [9.17, 15) is 0 Å². The average molecular weight is 297 g/mol. The molecule has 1 fully saturated rings. The highest BCUT2D eigenvalue weighted by molar-refractivity contribution is 7.99. The Balaban J connectivity index is 1.70. The number of nitrogens with zero attached hydrogens (tertiary/aromatic N) is 2. The second-order valence-electron chi connectivity index (χ2n) is 5.47. The molecule has 1 saturated heterocycles. The molecular weight excluding hydrogens is 278 g/mol. The molecule has 1 N–H and O–H groups in total. The van der Waals surface area contributed by atoms with Crippen LogP contribution in [0.5, 0.6) is 0 Å². The van der Waals surface area contributed by atoms with Crippen LogP contribution in [-0.2, 0) is 0 Å². The number of para-hydroxylation sites is 2. The summed E-state index contributed by atoms with van der Waals surface area (Å²) in [4.78, 5) is 7.70. The Morgan fingerprint density at radius 1 is 0.857 bits per heavy atom. The number of anilines is 2. The van der Waals surface area contributed by atoms with Gasteiger partial charge in [-0.1, -0.05) is 36.0 Å². The fraction of sp³-hybridized carbons (Fsp3) is 0.294. The summed E-state index contributed by atoms with van der Waals surface area (Å²) in [6.07, 6.45) is 0. The number of fused-ring (bicyclic) bond motifs is 2. The zero-order chi connectivity index (χ0) is 14.1. The molecule has 0 saturated carbocycles. The monoisotopic (exact) mass is 297 g/mol. The van der Waals surface area contributed by atoms with E-state index in [4.69, 9.17) is 0 Å². The highest BCUT2D eigenvalue weighted by Gasteiger charge is 2.24. The quantitative estimate of drug-likeness (QED) is 0.917. The van der Waals surface area contributed by atoms with Crippen LogP contribution in [-0.4, -0.2) is 37.7 Å². The highest BCUT2D eigenvalue weighted by atomic mass is 32.2. The Morgan fingerprint density at radius 2 is 1.43 bits per heavy atom. The summed E-state index contributed by atoms with van der Waals surface area (Å²) in [7, 11) is 0. The van der Waals surface area contributed by atoms with Crippen molar-refractivity contribution in [3.63, 3.8) is 0 Å². The van der Waals surface area contributed by atoms with E-state index in [1.54, 1.807) is 0 Å². The third-order valence-corrected chi connectivity index (χ3v) is 5.21. The number of benzene rings is 2. The van der Waals surface area contributed by atoms with Crippen LogP contribution >= 0.6 is 11.8 Å². The first-order valence-electron chi connectivity index (χ1n) is 7.48. The number of hydrogen-bond donors (Lipinski definition) is 1. The van der Waals surface area contributed by atoms with Crippen LogP contribution < -0.4 is 10.2 Å². The summed E-state index contributed by atoms with van der Waals surface area (Å²) in [5, 5.41) is 3.43. The zero-order valence-electron chi connectivity index (χ0n) is 12.0. The van der Waals surface area contributed by atoms with E-state index in [0.29, 0.717) is 0 Å². The molecule has 0 bridgehead atoms. The predicted molar refractivity (Wildman–Crippen MR) is 88.5 cm³/mol. The van der Waals surface area contributed by atoms with Gasteiger partial charge in [-0.25, -0.2) is 0 Å². The van der Waals surface area contributed by atoms with Gasteiger partial charge in [0.05, 0.1) is 18.0 Å². The molecule has 0 amide bonds. The molecule has 2 aromatic carbocycles. The van der Waals surface area contributed by atoms with Gasteiger partial charge in [-0.2, -0.15) is 0 Å². The van der Waals surface area contributed by atoms with Crippen molar-refractivity contribution in [1.29, 1.82) is 0 Å². The second-order valence-corrected chi connectivity index (χ2v) is 6.56. The van der Waals surface area contributed by atoms with Crippen molar-refractivity contribution < 1.29 is 0 Å². The molecule has 2 aliphatic heterocycles. The SMILES string of the molecule is c1ccc2c(c1)Sc1ccccc1N2CN1CCNCC1. The minimum absolute atomic E-state index is 0.969. The Hall–Kier alpha value is -1.49. The first-order chi connectivity index (χ1) is 10.4. The van der Waals surface area contributed by atoms with Gasteiger partial charge in [0.1, 0.15) is 0 Å². The Kier molecular flexibility index (Phi) is 3.59. The summed E-state index contributed by atoms with van der Waals surface area (Å²) >= 11 is 1.88. The van der Waals surface area contributed by atoms with Crippen molar-refractivity contribution in [2.45, 2.75) is 9.79 Å². The summed E-state index contributed by atoms with van der Waals surface area (Å²) in [5.41, 5.74) is 2.67. The van der Waals surface area contributed by atoms with Crippen LogP contribution in [0.2, 0.25) is 0 Å². The Bertz CT molecular complexity index is 592. The van der Waals surface area contributed by atoms with Crippen LogP contribution in [0.1, 0.15) is 0 Å². The minimum atomic E-state index is 0.969. The first kappa shape index (κ1) is 13.2. The van der Waals surface area contributed by atoms with Crippen molar-refractivity contribution in [1.82, 2.24) is 10.2 Å². The molecule has 4 rings (SSSR count). The van der Waals surface area contributed by atoms with Crippen LogP contribution in [0.15, 0.2) is 58.3 Å². The third-order valence-electron chi connectivity index (χ3n) is 4.08. The van der Waals surface area contributed by atoms with Gasteiger partial charge in [-0.15, -0.1) is 0 Å². The molecule has 2 aliphatic rings. The van der Waals surface area contributed by atoms with Crippen LogP contribution in [0, 0.1) is 0 Å². The number of nitrogens with one attached hydrogen (secondary N) is 1. The second kappa shape index (κ2) is 5.72. The van der Waals surface area contributed by atoms with Gasteiger partial charge in [0.25, 0.3) is 0 Å². The van der Waals surface area contributed by atoms with Crippen LogP contribution in [0.3, 0.4) is 0 Å². The van der Waals surface area contributed by atoms with Crippen molar-refractivity contribution in [3.05, 3.63) is 48.5 Å². The van der Waals surface area contributed by atoms with E-state index in [1.165, 1.54) is 21.2 Å². The largest absolute Gasteiger partial charge is 0.326 e. The van der Waals surface area contributed by atoms with Crippen LogP contribution in [0.25, 0.3) is 0 Å². The number of hydrogen-bond acceptors (Lipinski definition) is 4. The predicted octanol–water partition coefficient (Wildman–Crippen LogP) is 3.15. The smallest absolute Gasteiger partial charge is 0.0758 e. The lowest BCUT2D eigenvalue weighted by Crippen LogP contribution is -2.47. The van der Waals surface area contributed by atoms with Crippen molar-refractivity contribution in [3.8, 4) is 0 Å². The summed E-state index contributed by atoms with van der Waals surface area (Å²) in [6, 6.07) is 17.4. The molecule has 0 atom stereocenters. The molecule has 3 nitrogen and oxygen atoms in total.